The van der Waals surface area contributed by atoms with Crippen LogP contribution in [0.15, 0.2) is 11.6 Å². The zero-order valence-electron chi connectivity index (χ0n) is 10.8. The van der Waals surface area contributed by atoms with E-state index in [0.29, 0.717) is 0 Å². The molecule has 2 heterocycles. The first-order valence-electron chi connectivity index (χ1n) is 6.02. The highest BCUT2D eigenvalue weighted by molar-refractivity contribution is 6.13. The van der Waals surface area contributed by atoms with Gasteiger partial charge in [-0.3, -0.25) is 14.9 Å². The average Bonchev–Trinajstić information content (AvgIpc) is 2.78. The summed E-state index contributed by atoms with van der Waals surface area (Å²) in [7, 11) is 0. The number of carbonyl (C=O) groups is 2. The maximum atomic E-state index is 11.5. The van der Waals surface area contributed by atoms with Crippen molar-refractivity contribution >= 4 is 11.8 Å². The van der Waals surface area contributed by atoms with Crippen molar-refractivity contribution in [2.75, 3.05) is 6.61 Å². The van der Waals surface area contributed by atoms with Gasteiger partial charge in [0.05, 0.1) is 13.0 Å². The minimum Gasteiger partial charge on any atom is -0.394 e. The van der Waals surface area contributed by atoms with Crippen molar-refractivity contribution in [3.63, 3.8) is 0 Å². The van der Waals surface area contributed by atoms with Crippen LogP contribution in [-0.4, -0.2) is 52.7 Å². The van der Waals surface area contributed by atoms with Crippen molar-refractivity contribution in [2.45, 2.75) is 44.4 Å². The fourth-order valence-electron chi connectivity index (χ4n) is 2.18. The molecule has 3 N–H and O–H groups in total. The Morgan fingerprint density at radius 1 is 1.47 bits per heavy atom. The lowest BCUT2D eigenvalue weighted by Gasteiger charge is -2.19. The predicted molar refractivity (Wildman–Crippen MR) is 62.8 cm³/mol. The SMILES string of the molecule is CC1(C)O[C@H]([C@H](O)CO)[C@H](/C=C2\CC(=O)NC2=O)O1. The number of rotatable bonds is 3. The summed E-state index contributed by atoms with van der Waals surface area (Å²) in [6.07, 6.45) is -1.14. The second kappa shape index (κ2) is 5.01. The molecule has 2 amide bonds. The van der Waals surface area contributed by atoms with Crippen LogP contribution in [-0.2, 0) is 19.1 Å². The second-order valence-electron chi connectivity index (χ2n) is 5.06. The quantitative estimate of drug-likeness (QED) is 0.441. The predicted octanol–water partition coefficient (Wildman–Crippen LogP) is -1.17. The van der Waals surface area contributed by atoms with E-state index in [-0.39, 0.29) is 17.9 Å². The van der Waals surface area contributed by atoms with Crippen molar-refractivity contribution in [3.8, 4) is 0 Å². The van der Waals surface area contributed by atoms with Crippen molar-refractivity contribution in [3.05, 3.63) is 11.6 Å². The number of aliphatic hydroxyl groups is 2. The molecule has 0 radical (unpaired) electrons. The third kappa shape index (κ3) is 3.01. The number of ether oxygens (including phenoxy) is 2. The maximum absolute atomic E-state index is 11.5. The summed E-state index contributed by atoms with van der Waals surface area (Å²) < 4.78 is 11.1. The standard InChI is InChI=1S/C12H17NO6/c1-12(2)18-8(10(19-12)7(15)5-14)3-6-4-9(16)13-11(6)17/h3,7-8,10,14-15H,4-5H2,1-2H3,(H,13,16,17)/b6-3+/t7-,8+,10-/m1/s1. The van der Waals surface area contributed by atoms with Crippen molar-refractivity contribution in [1.82, 2.24) is 5.32 Å². The molecule has 0 aromatic heterocycles. The molecule has 2 aliphatic heterocycles. The van der Waals surface area contributed by atoms with Gasteiger partial charge in [0, 0.05) is 5.57 Å². The molecule has 0 spiro atoms. The highest BCUT2D eigenvalue weighted by Crippen LogP contribution is 2.31. The van der Waals surface area contributed by atoms with E-state index in [9.17, 15) is 14.7 Å². The van der Waals surface area contributed by atoms with Gasteiger partial charge in [-0.15, -0.1) is 0 Å². The van der Waals surface area contributed by atoms with Crippen molar-refractivity contribution in [1.29, 1.82) is 0 Å². The Labute approximate surface area is 110 Å². The summed E-state index contributed by atoms with van der Waals surface area (Å²) in [4.78, 5) is 22.6. The number of carbonyl (C=O) groups excluding carboxylic acids is 2. The Morgan fingerprint density at radius 3 is 2.68 bits per heavy atom. The monoisotopic (exact) mass is 271 g/mol. The van der Waals surface area contributed by atoms with E-state index in [1.807, 2.05) is 0 Å². The van der Waals surface area contributed by atoms with E-state index in [2.05, 4.69) is 5.32 Å². The van der Waals surface area contributed by atoms with E-state index in [0.717, 1.165) is 0 Å². The summed E-state index contributed by atoms with van der Waals surface area (Å²) in [6, 6.07) is 0. The zero-order valence-corrected chi connectivity index (χ0v) is 10.8. The number of hydrogen-bond donors (Lipinski definition) is 3. The van der Waals surface area contributed by atoms with Gasteiger partial charge in [-0.1, -0.05) is 0 Å². The molecule has 0 aromatic carbocycles. The molecule has 7 heteroatoms. The lowest BCUT2D eigenvalue weighted by atomic mass is 10.0. The van der Waals surface area contributed by atoms with Crippen LogP contribution in [0.3, 0.4) is 0 Å². The van der Waals surface area contributed by atoms with Gasteiger partial charge >= 0.3 is 0 Å². The summed E-state index contributed by atoms with van der Waals surface area (Å²) in [5.41, 5.74) is 0.284. The highest BCUT2D eigenvalue weighted by atomic mass is 16.8. The fourth-order valence-corrected chi connectivity index (χ4v) is 2.18. The Kier molecular flexibility index (Phi) is 3.73. The zero-order chi connectivity index (χ0) is 14.2. The van der Waals surface area contributed by atoms with Crippen LogP contribution in [0.25, 0.3) is 0 Å². The van der Waals surface area contributed by atoms with Gasteiger partial charge in [-0.2, -0.15) is 0 Å². The average molecular weight is 271 g/mol. The Balaban J connectivity index is 2.19. The number of amides is 2. The lowest BCUT2D eigenvalue weighted by molar-refractivity contribution is -0.155. The Morgan fingerprint density at radius 2 is 2.16 bits per heavy atom. The van der Waals surface area contributed by atoms with Crippen LogP contribution >= 0.6 is 0 Å². The van der Waals surface area contributed by atoms with Crippen LogP contribution in [0.2, 0.25) is 0 Å². The molecule has 19 heavy (non-hydrogen) atoms. The summed E-state index contributed by atoms with van der Waals surface area (Å²) in [5, 5.41) is 20.9. The molecule has 0 saturated carbocycles. The normalized spacial score (nSPS) is 33.8. The number of hydrogen-bond acceptors (Lipinski definition) is 6. The van der Waals surface area contributed by atoms with Crippen LogP contribution in [0.1, 0.15) is 20.3 Å². The van der Waals surface area contributed by atoms with Crippen LogP contribution in [0.5, 0.6) is 0 Å². The number of aliphatic hydroxyl groups excluding tert-OH is 2. The smallest absolute Gasteiger partial charge is 0.254 e. The molecular formula is C12H17NO6. The molecule has 2 rings (SSSR count). The molecule has 0 unspecified atom stereocenters. The molecule has 7 nitrogen and oxygen atoms in total. The highest BCUT2D eigenvalue weighted by Gasteiger charge is 2.44. The first-order chi connectivity index (χ1) is 8.82. The third-order valence-corrected chi connectivity index (χ3v) is 2.99. The number of nitrogens with one attached hydrogen (secondary N) is 1. The minimum absolute atomic E-state index is 0.0128. The molecule has 0 bridgehead atoms. The molecule has 2 aliphatic rings. The lowest BCUT2D eigenvalue weighted by Crippen LogP contribution is -2.37. The fraction of sp³-hybridized carbons (Fsp3) is 0.667. The van der Waals surface area contributed by atoms with Gasteiger partial charge in [0.25, 0.3) is 5.91 Å². The molecule has 2 saturated heterocycles. The molecular weight excluding hydrogens is 254 g/mol. The van der Waals surface area contributed by atoms with E-state index in [4.69, 9.17) is 14.6 Å². The number of imide groups is 1. The molecule has 3 atom stereocenters. The van der Waals surface area contributed by atoms with Gasteiger partial charge in [0.2, 0.25) is 5.91 Å². The largest absolute Gasteiger partial charge is 0.394 e. The Hall–Kier alpha value is -1.28. The van der Waals surface area contributed by atoms with E-state index < -0.39 is 36.6 Å². The molecule has 0 aliphatic carbocycles. The van der Waals surface area contributed by atoms with Gasteiger partial charge in [0.1, 0.15) is 18.3 Å². The summed E-state index contributed by atoms with van der Waals surface area (Å²) in [6.45, 7) is 2.86. The van der Waals surface area contributed by atoms with E-state index >= 15 is 0 Å². The van der Waals surface area contributed by atoms with Gasteiger partial charge in [0.15, 0.2) is 5.79 Å². The summed E-state index contributed by atoms with van der Waals surface area (Å²) in [5.74, 6) is -1.76. The first-order valence-corrected chi connectivity index (χ1v) is 6.02. The van der Waals surface area contributed by atoms with Gasteiger partial charge in [-0.25, -0.2) is 0 Å². The maximum Gasteiger partial charge on any atom is 0.254 e. The van der Waals surface area contributed by atoms with Gasteiger partial charge in [-0.05, 0) is 19.9 Å². The van der Waals surface area contributed by atoms with E-state index in [1.54, 1.807) is 13.8 Å². The molecule has 0 aromatic rings. The van der Waals surface area contributed by atoms with Crippen molar-refractivity contribution in [2.24, 2.45) is 0 Å². The van der Waals surface area contributed by atoms with Crippen LogP contribution < -0.4 is 5.32 Å². The van der Waals surface area contributed by atoms with Crippen molar-refractivity contribution < 1.29 is 29.3 Å². The first kappa shape index (κ1) is 14.1. The van der Waals surface area contributed by atoms with Crippen LogP contribution in [0, 0.1) is 0 Å². The third-order valence-electron chi connectivity index (χ3n) is 2.99. The second-order valence-corrected chi connectivity index (χ2v) is 5.06. The minimum atomic E-state index is -1.12. The van der Waals surface area contributed by atoms with Gasteiger partial charge < -0.3 is 19.7 Å². The van der Waals surface area contributed by atoms with Crippen LogP contribution in [0.4, 0.5) is 0 Å². The molecule has 2 fully saturated rings. The topological polar surface area (TPSA) is 105 Å². The Bertz CT molecular complexity index is 430. The van der Waals surface area contributed by atoms with E-state index in [1.165, 1.54) is 6.08 Å². The molecule has 106 valence electrons. The summed E-state index contributed by atoms with van der Waals surface area (Å²) >= 11 is 0.